The zero-order valence-corrected chi connectivity index (χ0v) is 17.9. The van der Waals surface area contributed by atoms with E-state index in [1.54, 1.807) is 0 Å². The Labute approximate surface area is 183 Å². The van der Waals surface area contributed by atoms with Gasteiger partial charge in [-0.15, -0.1) is 0 Å². The first-order chi connectivity index (χ1) is 14.2. The van der Waals surface area contributed by atoms with Crippen LogP contribution in [0.5, 0.6) is 0 Å². The third-order valence-electron chi connectivity index (χ3n) is 5.54. The molecule has 0 aliphatic carbocycles. The summed E-state index contributed by atoms with van der Waals surface area (Å²) in [6, 6.07) is 18.5. The molecule has 1 unspecified atom stereocenters. The summed E-state index contributed by atoms with van der Waals surface area (Å²) >= 11 is 12.5. The summed E-state index contributed by atoms with van der Waals surface area (Å²) in [5, 5.41) is 1.56. The number of benzene rings is 2. The second-order valence-electron chi connectivity index (χ2n) is 7.69. The van der Waals surface area contributed by atoms with Gasteiger partial charge in [0.15, 0.2) is 0 Å². The SMILES string of the molecule is ClC1=C(OCCC2CCN(c3ccc(Cl)cc3)C2)C=CN(Cc2ccccc2)C1. The van der Waals surface area contributed by atoms with Crippen LogP contribution in [0.25, 0.3) is 0 Å². The number of hydrogen-bond acceptors (Lipinski definition) is 3. The third-order valence-corrected chi connectivity index (χ3v) is 6.09. The van der Waals surface area contributed by atoms with Crippen LogP contribution in [0.3, 0.4) is 0 Å². The van der Waals surface area contributed by atoms with E-state index in [4.69, 9.17) is 27.9 Å². The number of allylic oxidation sites excluding steroid dienone is 1. The molecule has 0 amide bonds. The molecule has 29 heavy (non-hydrogen) atoms. The maximum atomic E-state index is 6.50. The molecule has 2 heterocycles. The minimum Gasteiger partial charge on any atom is -0.492 e. The van der Waals surface area contributed by atoms with Crippen molar-refractivity contribution in [2.75, 3.05) is 31.1 Å². The number of halogens is 2. The van der Waals surface area contributed by atoms with Gasteiger partial charge in [-0.25, -0.2) is 0 Å². The molecular weight excluding hydrogens is 403 g/mol. The van der Waals surface area contributed by atoms with Crippen LogP contribution in [0.2, 0.25) is 5.02 Å². The van der Waals surface area contributed by atoms with E-state index in [-0.39, 0.29) is 0 Å². The van der Waals surface area contributed by atoms with Gasteiger partial charge in [0.2, 0.25) is 0 Å². The molecule has 1 fully saturated rings. The smallest absolute Gasteiger partial charge is 0.137 e. The van der Waals surface area contributed by atoms with Gasteiger partial charge in [0.1, 0.15) is 5.76 Å². The highest BCUT2D eigenvalue weighted by molar-refractivity contribution is 6.30. The molecule has 2 aromatic carbocycles. The molecule has 3 nitrogen and oxygen atoms in total. The Morgan fingerprint density at radius 2 is 1.79 bits per heavy atom. The van der Waals surface area contributed by atoms with Crippen LogP contribution >= 0.6 is 23.2 Å². The molecule has 0 bridgehead atoms. The maximum Gasteiger partial charge on any atom is 0.137 e. The van der Waals surface area contributed by atoms with E-state index in [0.717, 1.165) is 41.9 Å². The molecular formula is C24H26Cl2N2O. The van der Waals surface area contributed by atoms with Crippen molar-refractivity contribution in [2.45, 2.75) is 19.4 Å². The van der Waals surface area contributed by atoms with Crippen molar-refractivity contribution in [2.24, 2.45) is 5.92 Å². The first kappa shape index (κ1) is 20.2. The van der Waals surface area contributed by atoms with Crippen LogP contribution in [-0.2, 0) is 11.3 Å². The zero-order valence-electron chi connectivity index (χ0n) is 16.4. The zero-order chi connectivity index (χ0) is 20.1. The minimum atomic E-state index is 0.646. The second-order valence-corrected chi connectivity index (χ2v) is 8.58. The molecule has 1 atom stereocenters. The Morgan fingerprint density at radius 1 is 1.00 bits per heavy atom. The highest BCUT2D eigenvalue weighted by atomic mass is 35.5. The molecule has 2 aromatic rings. The highest BCUT2D eigenvalue weighted by Crippen LogP contribution is 2.28. The average Bonchev–Trinajstić information content (AvgIpc) is 3.20. The third kappa shape index (κ3) is 5.49. The molecule has 152 valence electrons. The Morgan fingerprint density at radius 3 is 2.55 bits per heavy atom. The van der Waals surface area contributed by atoms with Crippen molar-refractivity contribution >= 4 is 28.9 Å². The summed E-state index contributed by atoms with van der Waals surface area (Å²) < 4.78 is 6.01. The van der Waals surface area contributed by atoms with Gasteiger partial charge in [-0.05, 0) is 54.7 Å². The molecule has 0 N–H and O–H groups in total. The number of anilines is 1. The van der Waals surface area contributed by atoms with Crippen molar-refractivity contribution in [3.63, 3.8) is 0 Å². The van der Waals surface area contributed by atoms with E-state index >= 15 is 0 Å². The summed E-state index contributed by atoms with van der Waals surface area (Å²) in [7, 11) is 0. The van der Waals surface area contributed by atoms with Crippen molar-refractivity contribution in [3.05, 3.63) is 88.3 Å². The van der Waals surface area contributed by atoms with Gasteiger partial charge < -0.3 is 14.5 Å². The quantitative estimate of drug-likeness (QED) is 0.533. The van der Waals surface area contributed by atoms with Crippen LogP contribution in [0.4, 0.5) is 5.69 Å². The van der Waals surface area contributed by atoms with Gasteiger partial charge >= 0.3 is 0 Å². The molecule has 4 rings (SSSR count). The van der Waals surface area contributed by atoms with Crippen molar-refractivity contribution in [1.82, 2.24) is 4.90 Å². The molecule has 0 radical (unpaired) electrons. The van der Waals surface area contributed by atoms with E-state index in [2.05, 4.69) is 52.4 Å². The summed E-state index contributed by atoms with van der Waals surface area (Å²) in [5.41, 5.74) is 2.52. The first-order valence-electron chi connectivity index (χ1n) is 10.2. The van der Waals surface area contributed by atoms with Gasteiger partial charge in [-0.3, -0.25) is 0 Å². The van der Waals surface area contributed by atoms with Gasteiger partial charge in [0.05, 0.1) is 18.2 Å². The first-order valence-corrected chi connectivity index (χ1v) is 10.9. The standard InChI is InChI=1S/C24H26Cl2N2O/c25-21-6-8-22(9-7-21)28-14-10-20(17-28)12-15-29-24-11-13-27(18-23(24)26)16-19-4-2-1-3-5-19/h1-9,11,13,20H,10,12,14-18H2. The van der Waals surface area contributed by atoms with E-state index in [1.165, 1.54) is 17.7 Å². The van der Waals surface area contributed by atoms with Gasteiger partial charge in [-0.1, -0.05) is 53.5 Å². The van der Waals surface area contributed by atoms with Crippen LogP contribution in [-0.4, -0.2) is 31.1 Å². The van der Waals surface area contributed by atoms with Gasteiger partial charge in [0, 0.05) is 36.5 Å². The second kappa shape index (κ2) is 9.60. The summed E-state index contributed by atoms with van der Waals surface area (Å²) in [4.78, 5) is 4.63. The van der Waals surface area contributed by atoms with Gasteiger partial charge in [-0.2, -0.15) is 0 Å². The summed E-state index contributed by atoms with van der Waals surface area (Å²) in [5.74, 6) is 1.45. The van der Waals surface area contributed by atoms with Crippen LogP contribution in [0.15, 0.2) is 77.7 Å². The van der Waals surface area contributed by atoms with E-state index in [9.17, 15) is 0 Å². The minimum absolute atomic E-state index is 0.646. The van der Waals surface area contributed by atoms with Crippen LogP contribution in [0.1, 0.15) is 18.4 Å². The monoisotopic (exact) mass is 428 g/mol. The van der Waals surface area contributed by atoms with E-state index < -0.39 is 0 Å². The lowest BCUT2D eigenvalue weighted by molar-refractivity contribution is 0.197. The molecule has 2 aliphatic heterocycles. The Hall–Kier alpha value is -2.10. The fourth-order valence-electron chi connectivity index (χ4n) is 3.92. The Kier molecular flexibility index (Phi) is 6.68. The topological polar surface area (TPSA) is 15.7 Å². The lowest BCUT2D eigenvalue weighted by atomic mass is 10.1. The van der Waals surface area contributed by atoms with E-state index in [1.807, 2.05) is 24.3 Å². The molecule has 2 aliphatic rings. The number of nitrogens with zero attached hydrogens (tertiary/aromatic N) is 2. The van der Waals surface area contributed by atoms with Crippen LogP contribution in [0, 0.1) is 5.92 Å². The summed E-state index contributed by atoms with van der Waals surface area (Å²) in [6.45, 7) is 4.40. The lowest BCUT2D eigenvalue weighted by Crippen LogP contribution is -2.22. The predicted octanol–water partition coefficient (Wildman–Crippen LogP) is 6.05. The largest absolute Gasteiger partial charge is 0.492 e. The lowest BCUT2D eigenvalue weighted by Gasteiger charge is -2.25. The molecule has 0 aromatic heterocycles. The molecule has 5 heteroatoms. The van der Waals surface area contributed by atoms with E-state index in [0.29, 0.717) is 19.1 Å². The van der Waals surface area contributed by atoms with Crippen molar-refractivity contribution < 1.29 is 4.74 Å². The van der Waals surface area contributed by atoms with Crippen molar-refractivity contribution in [1.29, 1.82) is 0 Å². The predicted molar refractivity (Wildman–Crippen MR) is 121 cm³/mol. The fraction of sp³-hybridized carbons (Fsp3) is 0.333. The van der Waals surface area contributed by atoms with Gasteiger partial charge in [0.25, 0.3) is 0 Å². The van der Waals surface area contributed by atoms with Crippen LogP contribution < -0.4 is 4.90 Å². The highest BCUT2D eigenvalue weighted by Gasteiger charge is 2.23. The maximum absolute atomic E-state index is 6.50. The number of rotatable bonds is 7. The molecule has 0 spiro atoms. The number of hydrogen-bond donors (Lipinski definition) is 0. The Bertz CT molecular complexity index is 864. The average molecular weight is 429 g/mol. The van der Waals surface area contributed by atoms with Crippen molar-refractivity contribution in [3.8, 4) is 0 Å². The number of ether oxygens (including phenoxy) is 1. The fourth-order valence-corrected chi connectivity index (χ4v) is 4.31. The Balaban J connectivity index is 1.21. The molecule has 1 saturated heterocycles. The normalized spacial score (nSPS) is 19.2. The molecule has 0 saturated carbocycles. The summed E-state index contributed by atoms with van der Waals surface area (Å²) in [6.07, 6.45) is 6.30.